The molecule has 102 valence electrons. The van der Waals surface area contributed by atoms with Crippen LogP contribution in [0.4, 0.5) is 0 Å². The predicted octanol–water partition coefficient (Wildman–Crippen LogP) is 4.20. The highest BCUT2D eigenvalue weighted by atomic mass is 32.1. The van der Waals surface area contributed by atoms with E-state index in [9.17, 15) is 0 Å². The molecular formula is C17H18N2S. The van der Waals surface area contributed by atoms with E-state index in [-0.39, 0.29) is 0 Å². The second-order valence-corrected chi connectivity index (χ2v) is 6.04. The van der Waals surface area contributed by atoms with Crippen LogP contribution in [0.25, 0.3) is 0 Å². The highest BCUT2D eigenvalue weighted by Gasteiger charge is 2.06. The van der Waals surface area contributed by atoms with E-state index in [0.717, 1.165) is 18.7 Å². The molecule has 0 aliphatic rings. The molecule has 3 heteroatoms. The van der Waals surface area contributed by atoms with Crippen molar-refractivity contribution in [2.75, 3.05) is 0 Å². The van der Waals surface area contributed by atoms with Crippen molar-refractivity contribution in [2.24, 2.45) is 0 Å². The molecule has 2 nitrogen and oxygen atoms in total. The first-order chi connectivity index (χ1) is 9.72. The van der Waals surface area contributed by atoms with Crippen molar-refractivity contribution in [3.8, 4) is 0 Å². The summed E-state index contributed by atoms with van der Waals surface area (Å²) >= 11 is 1.75. The number of rotatable bonds is 4. The van der Waals surface area contributed by atoms with Crippen LogP contribution in [0.2, 0.25) is 0 Å². The first-order valence-electron chi connectivity index (χ1n) is 6.82. The summed E-state index contributed by atoms with van der Waals surface area (Å²) in [4.78, 5) is 4.76. The molecule has 0 fully saturated rings. The van der Waals surface area contributed by atoms with E-state index in [2.05, 4.69) is 60.2 Å². The van der Waals surface area contributed by atoms with Gasteiger partial charge in [0.1, 0.15) is 0 Å². The molecule has 20 heavy (non-hydrogen) atoms. The van der Waals surface area contributed by atoms with Gasteiger partial charge in [0, 0.05) is 23.2 Å². The first kappa shape index (κ1) is 13.1. The number of nitrogens with zero attached hydrogens (tertiary/aromatic N) is 2. The highest BCUT2D eigenvalue weighted by molar-refractivity contribution is 7.09. The Hall–Kier alpha value is -1.87. The fourth-order valence-corrected chi connectivity index (χ4v) is 3.20. The summed E-state index contributed by atoms with van der Waals surface area (Å²) in [6.45, 7) is 5.16. The van der Waals surface area contributed by atoms with E-state index in [1.54, 1.807) is 11.3 Å². The zero-order valence-corrected chi connectivity index (χ0v) is 12.7. The zero-order chi connectivity index (χ0) is 13.9. The van der Waals surface area contributed by atoms with Gasteiger partial charge >= 0.3 is 0 Å². The quantitative estimate of drug-likeness (QED) is 0.701. The van der Waals surface area contributed by atoms with Gasteiger partial charge in [-0.25, -0.2) is 4.98 Å². The van der Waals surface area contributed by atoms with Gasteiger partial charge in [0.25, 0.3) is 0 Å². The first-order valence-corrected chi connectivity index (χ1v) is 7.70. The van der Waals surface area contributed by atoms with E-state index in [1.807, 2.05) is 6.07 Å². The van der Waals surface area contributed by atoms with E-state index in [1.165, 1.54) is 22.0 Å². The van der Waals surface area contributed by atoms with Crippen molar-refractivity contribution in [1.29, 1.82) is 0 Å². The van der Waals surface area contributed by atoms with Crippen LogP contribution in [0, 0.1) is 13.8 Å². The Bertz CT molecular complexity index is 675. The van der Waals surface area contributed by atoms with Gasteiger partial charge in [0.2, 0.25) is 0 Å². The van der Waals surface area contributed by atoms with Crippen LogP contribution >= 0.6 is 11.3 Å². The molecule has 0 amide bonds. The topological polar surface area (TPSA) is 17.8 Å². The lowest BCUT2D eigenvalue weighted by molar-refractivity contribution is 0.732. The molecule has 0 radical (unpaired) electrons. The average Bonchev–Trinajstić information content (AvgIpc) is 3.02. The SMILES string of the molecule is Cc1ccc(C)n1Cc1csc(Cc2ccccc2)n1. The lowest BCUT2D eigenvalue weighted by Crippen LogP contribution is -2.04. The summed E-state index contributed by atoms with van der Waals surface area (Å²) < 4.78 is 2.31. The van der Waals surface area contributed by atoms with E-state index in [0.29, 0.717) is 0 Å². The van der Waals surface area contributed by atoms with Crippen LogP contribution in [-0.4, -0.2) is 9.55 Å². The normalized spacial score (nSPS) is 10.9. The van der Waals surface area contributed by atoms with E-state index < -0.39 is 0 Å². The molecule has 0 N–H and O–H groups in total. The number of aryl methyl sites for hydroxylation is 2. The Kier molecular flexibility index (Phi) is 3.70. The van der Waals surface area contributed by atoms with Gasteiger partial charge in [-0.3, -0.25) is 0 Å². The molecule has 0 aliphatic heterocycles. The molecule has 0 aliphatic carbocycles. The Morgan fingerprint density at radius 2 is 1.70 bits per heavy atom. The summed E-state index contributed by atoms with van der Waals surface area (Å²) in [5, 5.41) is 3.37. The number of benzene rings is 1. The standard InChI is InChI=1S/C17H18N2S/c1-13-8-9-14(2)19(13)11-16-12-20-17(18-16)10-15-6-4-3-5-7-15/h3-9,12H,10-11H2,1-2H3. The maximum absolute atomic E-state index is 4.76. The van der Waals surface area contributed by atoms with Crippen LogP contribution in [0.15, 0.2) is 47.8 Å². The van der Waals surface area contributed by atoms with E-state index >= 15 is 0 Å². The Morgan fingerprint density at radius 1 is 1.00 bits per heavy atom. The zero-order valence-electron chi connectivity index (χ0n) is 11.8. The molecule has 1 aromatic carbocycles. The minimum atomic E-state index is 0.871. The van der Waals surface area contributed by atoms with Gasteiger partial charge in [-0.05, 0) is 31.5 Å². The summed E-state index contributed by atoms with van der Waals surface area (Å²) in [5.41, 5.74) is 5.06. The summed E-state index contributed by atoms with van der Waals surface area (Å²) in [7, 11) is 0. The maximum Gasteiger partial charge on any atom is 0.0973 e. The van der Waals surface area contributed by atoms with Crippen LogP contribution in [-0.2, 0) is 13.0 Å². The molecular weight excluding hydrogens is 264 g/mol. The van der Waals surface area contributed by atoms with E-state index in [4.69, 9.17) is 4.98 Å². The molecule has 0 saturated carbocycles. The number of aromatic nitrogens is 2. The average molecular weight is 282 g/mol. The van der Waals surface area contributed by atoms with Crippen molar-refractivity contribution < 1.29 is 0 Å². The third-order valence-corrected chi connectivity index (χ3v) is 4.43. The van der Waals surface area contributed by atoms with Gasteiger partial charge in [-0.15, -0.1) is 11.3 Å². The van der Waals surface area contributed by atoms with Crippen molar-refractivity contribution in [1.82, 2.24) is 9.55 Å². The Balaban J connectivity index is 1.74. The lowest BCUT2D eigenvalue weighted by atomic mass is 10.2. The predicted molar refractivity (Wildman–Crippen MR) is 84.4 cm³/mol. The number of hydrogen-bond acceptors (Lipinski definition) is 2. The smallest absolute Gasteiger partial charge is 0.0973 e. The maximum atomic E-state index is 4.76. The summed E-state index contributed by atoms with van der Waals surface area (Å²) in [6, 6.07) is 14.8. The van der Waals surface area contributed by atoms with Crippen molar-refractivity contribution in [3.05, 3.63) is 75.5 Å². The molecule has 0 atom stereocenters. The van der Waals surface area contributed by atoms with Gasteiger partial charge in [-0.2, -0.15) is 0 Å². The molecule has 0 saturated heterocycles. The van der Waals surface area contributed by atoms with Gasteiger partial charge < -0.3 is 4.57 Å². The third kappa shape index (κ3) is 2.83. The summed E-state index contributed by atoms with van der Waals surface area (Å²) in [6.07, 6.45) is 0.926. The minimum Gasteiger partial charge on any atom is -0.343 e. The second-order valence-electron chi connectivity index (χ2n) is 5.10. The van der Waals surface area contributed by atoms with Crippen LogP contribution in [0.5, 0.6) is 0 Å². The summed E-state index contributed by atoms with van der Waals surface area (Å²) in [5.74, 6) is 0. The fraction of sp³-hybridized carbons (Fsp3) is 0.235. The van der Waals surface area contributed by atoms with Gasteiger partial charge in [-0.1, -0.05) is 30.3 Å². The molecule has 3 aromatic rings. The van der Waals surface area contributed by atoms with Crippen LogP contribution in [0.1, 0.15) is 27.7 Å². The van der Waals surface area contributed by atoms with Crippen molar-refractivity contribution in [3.63, 3.8) is 0 Å². The minimum absolute atomic E-state index is 0.871. The molecule has 0 spiro atoms. The lowest BCUT2D eigenvalue weighted by Gasteiger charge is -2.06. The third-order valence-electron chi connectivity index (χ3n) is 3.53. The Labute approximate surface area is 123 Å². The van der Waals surface area contributed by atoms with Crippen molar-refractivity contribution in [2.45, 2.75) is 26.8 Å². The molecule has 2 heterocycles. The number of hydrogen-bond donors (Lipinski definition) is 0. The van der Waals surface area contributed by atoms with Crippen molar-refractivity contribution >= 4 is 11.3 Å². The molecule has 2 aromatic heterocycles. The monoisotopic (exact) mass is 282 g/mol. The molecule has 0 unspecified atom stereocenters. The molecule has 3 rings (SSSR count). The number of thiazole rings is 1. The van der Waals surface area contributed by atoms with Gasteiger partial charge in [0.15, 0.2) is 0 Å². The van der Waals surface area contributed by atoms with Gasteiger partial charge in [0.05, 0.1) is 17.2 Å². The van der Waals surface area contributed by atoms with Crippen LogP contribution < -0.4 is 0 Å². The second kappa shape index (κ2) is 5.63. The molecule has 0 bridgehead atoms. The van der Waals surface area contributed by atoms with Crippen LogP contribution in [0.3, 0.4) is 0 Å². The largest absolute Gasteiger partial charge is 0.343 e. The highest BCUT2D eigenvalue weighted by Crippen LogP contribution is 2.17. The Morgan fingerprint density at radius 3 is 2.40 bits per heavy atom. The fourth-order valence-electron chi connectivity index (χ4n) is 2.38.